The second kappa shape index (κ2) is 10.3. The molecule has 2 amide bonds. The molecule has 0 radical (unpaired) electrons. The first kappa shape index (κ1) is 24.2. The Morgan fingerprint density at radius 3 is 2.47 bits per heavy atom. The number of carbonyl (C=O) groups excluding carboxylic acids is 2. The number of ether oxygens (including phenoxy) is 2. The van der Waals surface area contributed by atoms with Crippen LogP contribution in [-0.2, 0) is 16.6 Å². The molecule has 1 aromatic rings. The van der Waals surface area contributed by atoms with Crippen molar-refractivity contribution in [1.82, 2.24) is 14.8 Å². The molecule has 0 saturated heterocycles. The molecule has 8 nitrogen and oxygen atoms in total. The van der Waals surface area contributed by atoms with Crippen molar-refractivity contribution in [2.24, 2.45) is 7.05 Å². The van der Waals surface area contributed by atoms with Gasteiger partial charge in [-0.05, 0) is 69.3 Å². The van der Waals surface area contributed by atoms with Gasteiger partial charge in [0, 0.05) is 31.9 Å². The van der Waals surface area contributed by atoms with Crippen molar-refractivity contribution >= 4 is 27.9 Å². The van der Waals surface area contributed by atoms with Crippen LogP contribution in [0.1, 0.15) is 53.4 Å². The molecule has 168 valence electrons. The molecule has 2 rings (SSSR count). The first-order valence-corrected chi connectivity index (χ1v) is 11.1. The Kier molecular flexibility index (Phi) is 8.34. The van der Waals surface area contributed by atoms with Gasteiger partial charge in [-0.1, -0.05) is 0 Å². The summed E-state index contributed by atoms with van der Waals surface area (Å²) < 4.78 is 13.6. The molecule has 30 heavy (non-hydrogen) atoms. The standard InChI is InChI=1S/C21H32BrN3O5/c1-6-25(20(28)30-21(2,3)4)13-18(26)23-14-7-9-15(10-8-14)29-17-11-19(27)24(5)12-16(17)22/h11-12,14-15H,6-10,13H2,1-5H3,(H,23,26). The first-order valence-electron chi connectivity index (χ1n) is 10.3. The monoisotopic (exact) mass is 485 g/mol. The van der Waals surface area contributed by atoms with E-state index in [1.165, 1.54) is 15.5 Å². The maximum Gasteiger partial charge on any atom is 0.410 e. The summed E-state index contributed by atoms with van der Waals surface area (Å²) in [6.07, 6.45) is 4.29. The average molecular weight is 486 g/mol. The van der Waals surface area contributed by atoms with Crippen LogP contribution in [0.3, 0.4) is 0 Å². The van der Waals surface area contributed by atoms with Crippen molar-refractivity contribution in [3.63, 3.8) is 0 Å². The fourth-order valence-electron chi connectivity index (χ4n) is 3.25. The highest BCUT2D eigenvalue weighted by molar-refractivity contribution is 9.10. The third kappa shape index (κ3) is 7.34. The highest BCUT2D eigenvalue weighted by Gasteiger charge is 2.27. The summed E-state index contributed by atoms with van der Waals surface area (Å²) >= 11 is 3.43. The van der Waals surface area contributed by atoms with E-state index in [2.05, 4.69) is 21.2 Å². The number of likely N-dealkylation sites (N-methyl/N-ethyl adjacent to an activating group) is 1. The van der Waals surface area contributed by atoms with Gasteiger partial charge in [-0.2, -0.15) is 0 Å². The van der Waals surface area contributed by atoms with Crippen LogP contribution in [0.5, 0.6) is 5.75 Å². The molecule has 0 aliphatic heterocycles. The van der Waals surface area contributed by atoms with E-state index in [-0.39, 0.29) is 30.2 Å². The van der Waals surface area contributed by atoms with Crippen molar-refractivity contribution < 1.29 is 19.1 Å². The lowest BCUT2D eigenvalue weighted by molar-refractivity contribution is -0.123. The van der Waals surface area contributed by atoms with Gasteiger partial charge in [-0.3, -0.25) is 14.5 Å². The van der Waals surface area contributed by atoms with Crippen LogP contribution in [-0.4, -0.2) is 52.3 Å². The fourth-order valence-corrected chi connectivity index (χ4v) is 3.77. The maximum atomic E-state index is 12.4. The molecule has 0 bridgehead atoms. The van der Waals surface area contributed by atoms with Crippen LogP contribution in [0.15, 0.2) is 21.5 Å². The van der Waals surface area contributed by atoms with Crippen LogP contribution in [0.4, 0.5) is 4.79 Å². The first-order chi connectivity index (χ1) is 14.0. The molecule has 1 aromatic heterocycles. The van der Waals surface area contributed by atoms with Gasteiger partial charge in [0.15, 0.2) is 0 Å². The normalized spacial score (nSPS) is 19.1. The predicted octanol–water partition coefficient (Wildman–Crippen LogP) is 3.21. The largest absolute Gasteiger partial charge is 0.489 e. The Labute approximate surface area is 186 Å². The topological polar surface area (TPSA) is 89.9 Å². The molecule has 1 saturated carbocycles. The lowest BCUT2D eigenvalue weighted by atomic mass is 9.93. The summed E-state index contributed by atoms with van der Waals surface area (Å²) in [5.74, 6) is 0.350. The molecule has 1 aliphatic carbocycles. The number of halogens is 1. The van der Waals surface area contributed by atoms with Crippen LogP contribution < -0.4 is 15.6 Å². The Bertz CT molecular complexity index is 810. The van der Waals surface area contributed by atoms with E-state index in [9.17, 15) is 14.4 Å². The number of rotatable bonds is 6. The predicted molar refractivity (Wildman–Crippen MR) is 118 cm³/mol. The zero-order valence-electron chi connectivity index (χ0n) is 18.4. The van der Waals surface area contributed by atoms with Gasteiger partial charge < -0.3 is 19.4 Å². The summed E-state index contributed by atoms with van der Waals surface area (Å²) in [4.78, 5) is 37.8. The van der Waals surface area contributed by atoms with Crippen LogP contribution in [0.2, 0.25) is 0 Å². The van der Waals surface area contributed by atoms with Crippen molar-refractivity contribution in [3.05, 3.63) is 27.1 Å². The third-order valence-corrected chi connectivity index (χ3v) is 5.44. The third-order valence-electron chi connectivity index (χ3n) is 4.85. The van der Waals surface area contributed by atoms with Crippen LogP contribution >= 0.6 is 15.9 Å². The molecular formula is C21H32BrN3O5. The van der Waals surface area contributed by atoms with Gasteiger partial charge in [0.2, 0.25) is 5.91 Å². The summed E-state index contributed by atoms with van der Waals surface area (Å²) in [6.45, 7) is 7.58. The van der Waals surface area contributed by atoms with E-state index in [4.69, 9.17) is 9.47 Å². The molecule has 1 heterocycles. The number of nitrogens with one attached hydrogen (secondary N) is 1. The highest BCUT2D eigenvalue weighted by atomic mass is 79.9. The van der Waals surface area contributed by atoms with Crippen molar-refractivity contribution in [1.29, 1.82) is 0 Å². The molecule has 0 unspecified atom stereocenters. The number of hydrogen-bond acceptors (Lipinski definition) is 5. The summed E-state index contributed by atoms with van der Waals surface area (Å²) in [5, 5.41) is 3.01. The molecule has 0 atom stereocenters. The van der Waals surface area contributed by atoms with Crippen molar-refractivity contribution in [2.75, 3.05) is 13.1 Å². The van der Waals surface area contributed by atoms with Gasteiger partial charge in [0.1, 0.15) is 17.9 Å². The van der Waals surface area contributed by atoms with Gasteiger partial charge in [-0.15, -0.1) is 0 Å². The zero-order chi connectivity index (χ0) is 22.5. The van der Waals surface area contributed by atoms with E-state index in [0.29, 0.717) is 12.3 Å². The van der Waals surface area contributed by atoms with E-state index in [1.54, 1.807) is 34.0 Å². The van der Waals surface area contributed by atoms with Gasteiger partial charge in [0.25, 0.3) is 5.56 Å². The van der Waals surface area contributed by atoms with Gasteiger partial charge >= 0.3 is 6.09 Å². The Morgan fingerprint density at radius 2 is 1.90 bits per heavy atom. The molecular weight excluding hydrogens is 454 g/mol. The van der Waals surface area contributed by atoms with E-state index in [0.717, 1.165) is 30.2 Å². The van der Waals surface area contributed by atoms with Gasteiger partial charge in [0.05, 0.1) is 10.6 Å². The lowest BCUT2D eigenvalue weighted by Crippen LogP contribution is -2.47. The van der Waals surface area contributed by atoms with Crippen LogP contribution in [0.25, 0.3) is 0 Å². The number of hydrogen-bond donors (Lipinski definition) is 1. The summed E-state index contributed by atoms with van der Waals surface area (Å²) in [6, 6.07) is 1.52. The molecule has 1 fully saturated rings. The van der Waals surface area contributed by atoms with Crippen molar-refractivity contribution in [3.8, 4) is 5.75 Å². The van der Waals surface area contributed by atoms with Crippen molar-refractivity contribution in [2.45, 2.75) is 71.1 Å². The second-order valence-electron chi connectivity index (χ2n) is 8.59. The second-order valence-corrected chi connectivity index (χ2v) is 9.44. The number of aromatic nitrogens is 1. The smallest absolute Gasteiger partial charge is 0.410 e. The average Bonchev–Trinajstić information content (AvgIpc) is 2.64. The number of aryl methyl sites for hydroxylation is 1. The minimum absolute atomic E-state index is 0.00420. The number of pyridine rings is 1. The molecule has 0 spiro atoms. The minimum Gasteiger partial charge on any atom is -0.489 e. The molecule has 1 aliphatic rings. The fraction of sp³-hybridized carbons (Fsp3) is 0.667. The van der Waals surface area contributed by atoms with E-state index in [1.807, 2.05) is 6.92 Å². The number of amides is 2. The Balaban J connectivity index is 1.81. The zero-order valence-corrected chi connectivity index (χ0v) is 20.0. The van der Waals surface area contributed by atoms with Crippen LogP contribution in [0, 0.1) is 0 Å². The van der Waals surface area contributed by atoms with E-state index < -0.39 is 11.7 Å². The molecule has 1 N–H and O–H groups in total. The number of nitrogens with zero attached hydrogens (tertiary/aromatic N) is 2. The number of carbonyl (C=O) groups is 2. The summed E-state index contributed by atoms with van der Waals surface area (Å²) in [5.41, 5.74) is -0.725. The SMILES string of the molecule is CCN(CC(=O)NC1CCC(Oc2cc(=O)n(C)cc2Br)CC1)C(=O)OC(C)(C)C. The van der Waals surface area contributed by atoms with E-state index >= 15 is 0 Å². The minimum atomic E-state index is -0.600. The lowest BCUT2D eigenvalue weighted by Gasteiger charge is -2.31. The quantitative estimate of drug-likeness (QED) is 0.667. The summed E-state index contributed by atoms with van der Waals surface area (Å²) in [7, 11) is 1.69. The Hall–Kier alpha value is -2.03. The van der Waals surface area contributed by atoms with Gasteiger partial charge in [-0.25, -0.2) is 4.79 Å². The molecule has 0 aromatic carbocycles. The highest BCUT2D eigenvalue weighted by Crippen LogP contribution is 2.28. The molecule has 9 heteroatoms. The maximum absolute atomic E-state index is 12.4. The Morgan fingerprint density at radius 1 is 1.27 bits per heavy atom.